The van der Waals surface area contributed by atoms with Crippen LogP contribution < -0.4 is 4.90 Å². The molecule has 1 aliphatic heterocycles. The van der Waals surface area contributed by atoms with Gasteiger partial charge in [0.25, 0.3) is 0 Å². The molecule has 1 aromatic rings. The van der Waals surface area contributed by atoms with Gasteiger partial charge in [0.05, 0.1) is 0 Å². The molecule has 1 atom stereocenters. The second-order valence-corrected chi connectivity index (χ2v) is 5.50. The highest BCUT2D eigenvalue weighted by molar-refractivity contribution is 5.46. The number of likely N-dealkylation sites (tertiary alicyclic amines) is 1. The fraction of sp³-hybridized carbons (Fsp3) is 0.667. The Kier molecular flexibility index (Phi) is 4.23. The largest absolute Gasteiger partial charge is 0.363 e. The van der Waals surface area contributed by atoms with Gasteiger partial charge in [0, 0.05) is 26.3 Å². The van der Waals surface area contributed by atoms with Crippen LogP contribution in [0.2, 0.25) is 0 Å². The quantitative estimate of drug-likeness (QED) is 0.815. The van der Waals surface area contributed by atoms with E-state index in [0.717, 1.165) is 5.82 Å². The molecule has 3 nitrogen and oxygen atoms in total. The zero-order chi connectivity index (χ0) is 13.1. The Morgan fingerprint density at radius 2 is 2.22 bits per heavy atom. The van der Waals surface area contributed by atoms with Crippen LogP contribution in [-0.2, 0) is 0 Å². The molecular weight excluding hydrogens is 222 g/mol. The van der Waals surface area contributed by atoms with E-state index in [1.807, 2.05) is 14.1 Å². The summed E-state index contributed by atoms with van der Waals surface area (Å²) in [6.07, 6.45) is 5.90. The Hall–Kier alpha value is -1.09. The third kappa shape index (κ3) is 2.66. The summed E-state index contributed by atoms with van der Waals surface area (Å²) in [5.41, 5.74) is 2.67. The zero-order valence-corrected chi connectivity index (χ0v) is 12.1. The molecule has 0 spiro atoms. The molecular formula is C15H25N3. The van der Waals surface area contributed by atoms with E-state index in [9.17, 15) is 0 Å². The van der Waals surface area contributed by atoms with Gasteiger partial charge in [0.15, 0.2) is 0 Å². The molecule has 3 heteroatoms. The maximum Gasteiger partial charge on any atom is 0.130 e. The van der Waals surface area contributed by atoms with Gasteiger partial charge < -0.3 is 4.90 Å². The van der Waals surface area contributed by atoms with Crippen molar-refractivity contribution in [3.05, 3.63) is 23.4 Å². The zero-order valence-electron chi connectivity index (χ0n) is 12.1. The Morgan fingerprint density at radius 3 is 2.83 bits per heavy atom. The van der Waals surface area contributed by atoms with E-state index in [1.54, 1.807) is 0 Å². The first-order chi connectivity index (χ1) is 8.63. The average molecular weight is 247 g/mol. The predicted molar refractivity (Wildman–Crippen MR) is 77.1 cm³/mol. The Morgan fingerprint density at radius 1 is 1.44 bits per heavy atom. The molecule has 2 rings (SSSR count). The molecule has 18 heavy (non-hydrogen) atoms. The summed E-state index contributed by atoms with van der Waals surface area (Å²) in [5, 5.41) is 0. The Bertz CT molecular complexity index is 401. The van der Waals surface area contributed by atoms with Gasteiger partial charge in [-0.3, -0.25) is 4.90 Å². The molecule has 2 heterocycles. The van der Waals surface area contributed by atoms with E-state index in [4.69, 9.17) is 0 Å². The fourth-order valence-electron chi connectivity index (χ4n) is 3.00. The topological polar surface area (TPSA) is 19.4 Å². The lowest BCUT2D eigenvalue weighted by molar-refractivity contribution is 0.257. The minimum Gasteiger partial charge on any atom is -0.363 e. The van der Waals surface area contributed by atoms with Crippen molar-refractivity contribution >= 4 is 5.82 Å². The van der Waals surface area contributed by atoms with E-state index in [2.05, 4.69) is 40.9 Å². The molecule has 1 aromatic heterocycles. The second-order valence-electron chi connectivity index (χ2n) is 5.50. The Labute approximate surface area is 111 Å². The van der Waals surface area contributed by atoms with Gasteiger partial charge in [-0.2, -0.15) is 0 Å². The fourth-order valence-corrected chi connectivity index (χ4v) is 3.00. The van der Waals surface area contributed by atoms with Crippen LogP contribution in [0.1, 0.15) is 43.4 Å². The molecule has 0 N–H and O–H groups in total. The van der Waals surface area contributed by atoms with Crippen LogP contribution in [0.25, 0.3) is 0 Å². The highest BCUT2D eigenvalue weighted by Crippen LogP contribution is 2.32. The van der Waals surface area contributed by atoms with Crippen molar-refractivity contribution in [1.29, 1.82) is 0 Å². The van der Waals surface area contributed by atoms with Crippen molar-refractivity contribution < 1.29 is 0 Å². The third-order valence-electron chi connectivity index (χ3n) is 3.75. The molecule has 1 saturated heterocycles. The monoisotopic (exact) mass is 247 g/mol. The second kappa shape index (κ2) is 5.70. The van der Waals surface area contributed by atoms with Gasteiger partial charge in [-0.1, -0.05) is 6.92 Å². The van der Waals surface area contributed by atoms with Crippen LogP contribution in [0.5, 0.6) is 0 Å². The molecule has 0 bridgehead atoms. The number of hydrogen-bond donors (Lipinski definition) is 0. The van der Waals surface area contributed by atoms with Crippen molar-refractivity contribution in [3.63, 3.8) is 0 Å². The van der Waals surface area contributed by atoms with E-state index >= 15 is 0 Å². The molecule has 0 saturated carbocycles. The van der Waals surface area contributed by atoms with Crippen molar-refractivity contribution in [2.45, 2.75) is 39.2 Å². The highest BCUT2D eigenvalue weighted by atomic mass is 15.2. The lowest BCUT2D eigenvalue weighted by Gasteiger charge is -2.25. The lowest BCUT2D eigenvalue weighted by Crippen LogP contribution is -2.24. The summed E-state index contributed by atoms with van der Waals surface area (Å²) in [6.45, 7) is 6.87. The maximum atomic E-state index is 4.62. The van der Waals surface area contributed by atoms with E-state index in [1.165, 1.54) is 43.5 Å². The van der Waals surface area contributed by atoms with Gasteiger partial charge in [-0.15, -0.1) is 0 Å². The summed E-state index contributed by atoms with van der Waals surface area (Å²) in [7, 11) is 4.10. The predicted octanol–water partition coefficient (Wildman–Crippen LogP) is 3.00. The number of aromatic nitrogens is 1. The summed E-state index contributed by atoms with van der Waals surface area (Å²) in [5.74, 6) is 1.08. The van der Waals surface area contributed by atoms with Crippen LogP contribution in [0.3, 0.4) is 0 Å². The first-order valence-electron chi connectivity index (χ1n) is 7.01. The first kappa shape index (κ1) is 13.3. The smallest absolute Gasteiger partial charge is 0.130 e. The molecule has 0 aliphatic carbocycles. The van der Waals surface area contributed by atoms with Gasteiger partial charge in [-0.25, -0.2) is 4.98 Å². The number of hydrogen-bond acceptors (Lipinski definition) is 3. The summed E-state index contributed by atoms with van der Waals surface area (Å²) >= 11 is 0. The highest BCUT2D eigenvalue weighted by Gasteiger charge is 2.25. The molecule has 0 amide bonds. The summed E-state index contributed by atoms with van der Waals surface area (Å²) in [6, 6.07) is 2.91. The van der Waals surface area contributed by atoms with Crippen LogP contribution >= 0.6 is 0 Å². The van der Waals surface area contributed by atoms with Gasteiger partial charge >= 0.3 is 0 Å². The van der Waals surface area contributed by atoms with E-state index in [-0.39, 0.29) is 0 Å². The number of rotatable bonds is 4. The number of anilines is 1. The molecule has 0 aromatic carbocycles. The number of pyridine rings is 1. The first-order valence-corrected chi connectivity index (χ1v) is 7.01. The molecule has 0 radical (unpaired) electrons. The molecule has 0 unspecified atom stereocenters. The summed E-state index contributed by atoms with van der Waals surface area (Å²) in [4.78, 5) is 9.30. The minimum atomic E-state index is 0.590. The minimum absolute atomic E-state index is 0.590. The molecule has 1 fully saturated rings. The van der Waals surface area contributed by atoms with Crippen LogP contribution in [0.15, 0.2) is 12.3 Å². The normalized spacial score (nSPS) is 20.3. The number of aryl methyl sites for hydroxylation is 1. The Balaban J connectivity index is 2.20. The van der Waals surface area contributed by atoms with Crippen molar-refractivity contribution in [1.82, 2.24) is 9.88 Å². The average Bonchev–Trinajstić information content (AvgIpc) is 2.77. The van der Waals surface area contributed by atoms with E-state index in [0.29, 0.717) is 6.04 Å². The third-order valence-corrected chi connectivity index (χ3v) is 3.75. The van der Waals surface area contributed by atoms with Crippen LogP contribution in [0, 0.1) is 6.92 Å². The van der Waals surface area contributed by atoms with Gasteiger partial charge in [0.2, 0.25) is 0 Å². The SMILES string of the molecule is CCCN1CCC[C@@H]1c1cnc(N(C)C)c(C)c1. The van der Waals surface area contributed by atoms with Gasteiger partial charge in [-0.05, 0) is 56.5 Å². The molecule has 100 valence electrons. The summed E-state index contributed by atoms with van der Waals surface area (Å²) < 4.78 is 0. The van der Waals surface area contributed by atoms with Crippen molar-refractivity contribution in [3.8, 4) is 0 Å². The van der Waals surface area contributed by atoms with E-state index < -0.39 is 0 Å². The van der Waals surface area contributed by atoms with Crippen LogP contribution in [0.4, 0.5) is 5.82 Å². The lowest BCUT2D eigenvalue weighted by atomic mass is 10.0. The van der Waals surface area contributed by atoms with Crippen LogP contribution in [-0.4, -0.2) is 37.1 Å². The van der Waals surface area contributed by atoms with Gasteiger partial charge in [0.1, 0.15) is 5.82 Å². The molecule has 1 aliphatic rings. The van der Waals surface area contributed by atoms with Crippen molar-refractivity contribution in [2.24, 2.45) is 0 Å². The number of nitrogens with zero attached hydrogens (tertiary/aromatic N) is 3. The maximum absolute atomic E-state index is 4.62. The van der Waals surface area contributed by atoms with Crippen molar-refractivity contribution in [2.75, 3.05) is 32.1 Å². The standard InChI is InChI=1S/C15H25N3/c1-5-8-18-9-6-7-14(18)13-10-12(2)15(16-11-13)17(3)4/h10-11,14H,5-9H2,1-4H3/t14-/m1/s1.